The second-order valence-electron chi connectivity index (χ2n) is 4.62. The van der Waals surface area contributed by atoms with Gasteiger partial charge in [0.2, 0.25) is 0 Å². The first-order chi connectivity index (χ1) is 11.4. The molecule has 24 heavy (non-hydrogen) atoms. The summed E-state index contributed by atoms with van der Waals surface area (Å²) in [6.07, 6.45) is -4.39. The zero-order valence-electron chi connectivity index (χ0n) is 11.8. The number of nitrogens with zero attached hydrogens (tertiary/aromatic N) is 4. The van der Waals surface area contributed by atoms with Crippen molar-refractivity contribution in [2.24, 2.45) is 0 Å². The molecule has 7 nitrogen and oxygen atoms in total. The average Bonchev–Trinajstić information content (AvgIpc) is 3.23. The lowest BCUT2D eigenvalue weighted by molar-refractivity contribution is -0.137. The van der Waals surface area contributed by atoms with Crippen molar-refractivity contribution < 1.29 is 18.0 Å². The Balaban J connectivity index is 1.69. The molecule has 0 aliphatic heterocycles. The molecule has 0 radical (unpaired) electrons. The van der Waals surface area contributed by atoms with E-state index in [1.165, 1.54) is 17.5 Å². The molecule has 0 atom stereocenters. The van der Waals surface area contributed by atoms with Gasteiger partial charge in [-0.3, -0.25) is 4.79 Å². The summed E-state index contributed by atoms with van der Waals surface area (Å²) in [5.41, 5.74) is -0.0653. The maximum absolute atomic E-state index is 12.6. The number of nitrogens with one attached hydrogen (secondary N) is 2. The van der Waals surface area contributed by atoms with Crippen LogP contribution in [0.4, 0.5) is 13.2 Å². The van der Waals surface area contributed by atoms with Gasteiger partial charge in [0.25, 0.3) is 5.91 Å². The molecule has 1 amide bonds. The van der Waals surface area contributed by atoms with E-state index in [9.17, 15) is 18.0 Å². The van der Waals surface area contributed by atoms with Crippen molar-refractivity contribution in [2.45, 2.75) is 12.7 Å². The molecule has 0 saturated carbocycles. The van der Waals surface area contributed by atoms with Crippen LogP contribution in [0.15, 0.2) is 29.6 Å². The second kappa shape index (κ2) is 6.35. The fourth-order valence-electron chi connectivity index (χ4n) is 1.82. The van der Waals surface area contributed by atoms with E-state index in [-0.39, 0.29) is 12.2 Å². The number of amides is 1. The SMILES string of the molecule is O=C(NCc1nn[nH]n1)c1csc(-c2ccc(C(F)(F)F)cc2)n1. The van der Waals surface area contributed by atoms with E-state index in [1.54, 1.807) is 0 Å². The third-order valence-corrected chi connectivity index (χ3v) is 3.88. The first-order valence-corrected chi connectivity index (χ1v) is 7.45. The Morgan fingerprint density at radius 1 is 1.25 bits per heavy atom. The van der Waals surface area contributed by atoms with E-state index in [2.05, 4.69) is 30.9 Å². The van der Waals surface area contributed by atoms with Crippen LogP contribution in [0.5, 0.6) is 0 Å². The highest BCUT2D eigenvalue weighted by molar-refractivity contribution is 7.13. The van der Waals surface area contributed by atoms with Gasteiger partial charge in [-0.1, -0.05) is 17.3 Å². The van der Waals surface area contributed by atoms with Crippen LogP contribution in [0.2, 0.25) is 0 Å². The van der Waals surface area contributed by atoms with Crippen molar-refractivity contribution >= 4 is 17.2 Å². The minimum absolute atomic E-state index is 0.0858. The van der Waals surface area contributed by atoms with Crippen molar-refractivity contribution in [2.75, 3.05) is 0 Å². The maximum atomic E-state index is 12.6. The van der Waals surface area contributed by atoms with E-state index in [0.717, 1.165) is 23.5 Å². The zero-order valence-corrected chi connectivity index (χ0v) is 12.6. The van der Waals surface area contributed by atoms with Gasteiger partial charge in [0, 0.05) is 10.9 Å². The number of halogens is 3. The number of tetrazole rings is 1. The number of H-pyrrole nitrogens is 1. The summed E-state index contributed by atoms with van der Waals surface area (Å²) >= 11 is 1.16. The molecule has 0 fully saturated rings. The molecule has 2 aromatic heterocycles. The van der Waals surface area contributed by atoms with Gasteiger partial charge in [-0.15, -0.1) is 21.5 Å². The third-order valence-electron chi connectivity index (χ3n) is 2.99. The third kappa shape index (κ3) is 3.56. The number of carbonyl (C=O) groups excluding carboxylic acids is 1. The quantitative estimate of drug-likeness (QED) is 0.749. The van der Waals surface area contributed by atoms with Crippen LogP contribution in [0.3, 0.4) is 0 Å². The fourth-order valence-corrected chi connectivity index (χ4v) is 2.63. The van der Waals surface area contributed by atoms with Crippen LogP contribution in [0.25, 0.3) is 10.6 Å². The van der Waals surface area contributed by atoms with E-state index in [0.29, 0.717) is 16.4 Å². The lowest BCUT2D eigenvalue weighted by Gasteiger charge is -2.06. The van der Waals surface area contributed by atoms with Crippen LogP contribution in [-0.2, 0) is 12.7 Å². The molecule has 2 N–H and O–H groups in total. The molecular weight excluding hydrogens is 345 g/mol. The smallest absolute Gasteiger partial charge is 0.343 e. The Morgan fingerprint density at radius 3 is 2.62 bits per heavy atom. The van der Waals surface area contributed by atoms with Gasteiger partial charge in [0.05, 0.1) is 12.1 Å². The molecule has 1 aromatic carbocycles. The highest BCUT2D eigenvalue weighted by Gasteiger charge is 2.30. The van der Waals surface area contributed by atoms with Crippen LogP contribution < -0.4 is 5.32 Å². The zero-order chi connectivity index (χ0) is 17.2. The Morgan fingerprint density at radius 2 is 2.00 bits per heavy atom. The summed E-state index contributed by atoms with van der Waals surface area (Å²) in [6, 6.07) is 4.60. The molecule has 3 aromatic rings. The van der Waals surface area contributed by atoms with E-state index in [4.69, 9.17) is 0 Å². The van der Waals surface area contributed by atoms with Crippen molar-refractivity contribution in [3.8, 4) is 10.6 Å². The van der Waals surface area contributed by atoms with Gasteiger partial charge in [-0.05, 0) is 12.1 Å². The molecule has 0 aliphatic rings. The number of aromatic nitrogens is 5. The van der Waals surface area contributed by atoms with Gasteiger partial charge >= 0.3 is 6.18 Å². The first kappa shape index (κ1) is 16.1. The van der Waals surface area contributed by atoms with Crippen LogP contribution >= 0.6 is 11.3 Å². The lowest BCUT2D eigenvalue weighted by atomic mass is 10.1. The molecule has 0 saturated heterocycles. The Labute approximate surface area is 136 Å². The average molecular weight is 354 g/mol. The van der Waals surface area contributed by atoms with Crippen LogP contribution in [0, 0.1) is 0 Å². The highest BCUT2D eigenvalue weighted by Crippen LogP contribution is 2.31. The summed E-state index contributed by atoms with van der Waals surface area (Å²) in [4.78, 5) is 16.1. The van der Waals surface area contributed by atoms with Gasteiger partial charge in [-0.2, -0.15) is 18.4 Å². The molecule has 2 heterocycles. The van der Waals surface area contributed by atoms with Gasteiger partial charge in [0.15, 0.2) is 5.82 Å². The minimum atomic E-state index is -4.39. The molecule has 0 unspecified atom stereocenters. The van der Waals surface area contributed by atoms with Crippen molar-refractivity contribution in [3.05, 3.63) is 46.7 Å². The fraction of sp³-hybridized carbons (Fsp3) is 0.154. The van der Waals surface area contributed by atoms with E-state index in [1.807, 2.05) is 0 Å². The Bertz CT molecular complexity index is 828. The monoisotopic (exact) mass is 354 g/mol. The second-order valence-corrected chi connectivity index (χ2v) is 5.48. The number of carbonyl (C=O) groups is 1. The first-order valence-electron chi connectivity index (χ1n) is 6.57. The number of aromatic amines is 1. The Kier molecular flexibility index (Phi) is 4.25. The number of thiazole rings is 1. The lowest BCUT2D eigenvalue weighted by Crippen LogP contribution is -2.23. The van der Waals surface area contributed by atoms with Gasteiger partial charge < -0.3 is 5.32 Å². The summed E-state index contributed by atoms with van der Waals surface area (Å²) in [6.45, 7) is 0.0858. The summed E-state index contributed by atoms with van der Waals surface area (Å²) < 4.78 is 37.7. The molecule has 0 aliphatic carbocycles. The van der Waals surface area contributed by atoms with E-state index < -0.39 is 17.6 Å². The number of benzene rings is 1. The molecule has 3 rings (SSSR count). The molecule has 0 spiro atoms. The van der Waals surface area contributed by atoms with Crippen molar-refractivity contribution in [3.63, 3.8) is 0 Å². The van der Waals surface area contributed by atoms with Crippen LogP contribution in [0.1, 0.15) is 21.9 Å². The molecular formula is C13H9F3N6OS. The van der Waals surface area contributed by atoms with Gasteiger partial charge in [-0.25, -0.2) is 4.98 Å². The van der Waals surface area contributed by atoms with Gasteiger partial charge in [0.1, 0.15) is 10.7 Å². The maximum Gasteiger partial charge on any atom is 0.416 e. The molecule has 124 valence electrons. The molecule has 11 heteroatoms. The normalized spacial score (nSPS) is 11.5. The highest BCUT2D eigenvalue weighted by atomic mass is 32.1. The number of hydrogen-bond acceptors (Lipinski definition) is 6. The summed E-state index contributed by atoms with van der Waals surface area (Å²) in [5, 5.41) is 17.5. The molecule has 0 bridgehead atoms. The van der Waals surface area contributed by atoms with Crippen molar-refractivity contribution in [1.82, 2.24) is 30.9 Å². The van der Waals surface area contributed by atoms with E-state index >= 15 is 0 Å². The summed E-state index contributed by atoms with van der Waals surface area (Å²) in [5.74, 6) is -0.115. The van der Waals surface area contributed by atoms with Crippen LogP contribution in [-0.4, -0.2) is 31.5 Å². The van der Waals surface area contributed by atoms with Crippen molar-refractivity contribution in [1.29, 1.82) is 0 Å². The predicted octanol–water partition coefficient (Wildman–Crippen LogP) is 2.27. The minimum Gasteiger partial charge on any atom is -0.343 e. The number of alkyl halides is 3. The topological polar surface area (TPSA) is 96.5 Å². The number of hydrogen-bond donors (Lipinski definition) is 2. The predicted molar refractivity (Wildman–Crippen MR) is 77.9 cm³/mol. The Hall–Kier alpha value is -2.82. The summed E-state index contributed by atoms with van der Waals surface area (Å²) in [7, 11) is 0. The standard InChI is InChI=1S/C13H9F3N6OS/c14-13(15,16)8-3-1-7(2-4-8)12-18-9(6-24-12)11(23)17-5-10-19-21-22-20-10/h1-4,6H,5H2,(H,17,23)(H,19,20,21,22). The largest absolute Gasteiger partial charge is 0.416 e. The number of rotatable bonds is 4.